The first-order chi connectivity index (χ1) is 6.88. The summed E-state index contributed by atoms with van der Waals surface area (Å²) in [6.07, 6.45) is 2.73. The van der Waals surface area contributed by atoms with E-state index < -0.39 is 0 Å². The molecule has 14 heavy (non-hydrogen) atoms. The third-order valence-electron chi connectivity index (χ3n) is 1.62. The fraction of sp³-hybridized carbons (Fsp3) is 0.250. The molecule has 0 saturated carbocycles. The number of aromatic nitrogens is 2. The standard InChI is InChI=1S/C8H10N4O2/c13-5-9-3-7-1-2-11-12-8(7)4-10-6-14/h1-2,5-6H,3-4H2,(H,9,13)(H,10,14). The van der Waals surface area contributed by atoms with Gasteiger partial charge in [-0.25, -0.2) is 0 Å². The van der Waals surface area contributed by atoms with Crippen LogP contribution in [0, 0.1) is 0 Å². The Labute approximate surface area is 80.7 Å². The summed E-state index contributed by atoms with van der Waals surface area (Å²) in [6, 6.07) is 1.74. The van der Waals surface area contributed by atoms with Gasteiger partial charge in [-0.1, -0.05) is 0 Å². The van der Waals surface area contributed by atoms with Crippen LogP contribution in [0.2, 0.25) is 0 Å². The first-order valence-electron chi connectivity index (χ1n) is 4.02. The maximum absolute atomic E-state index is 10.1. The van der Waals surface area contributed by atoms with E-state index in [1.165, 1.54) is 6.20 Å². The molecule has 2 N–H and O–H groups in total. The van der Waals surface area contributed by atoms with Crippen LogP contribution in [0.3, 0.4) is 0 Å². The molecule has 6 heteroatoms. The zero-order chi connectivity index (χ0) is 10.2. The molecule has 0 aromatic carbocycles. The zero-order valence-electron chi connectivity index (χ0n) is 7.43. The van der Waals surface area contributed by atoms with Gasteiger partial charge in [0.1, 0.15) is 0 Å². The molecule has 0 aliphatic carbocycles. The van der Waals surface area contributed by atoms with E-state index in [9.17, 15) is 9.59 Å². The van der Waals surface area contributed by atoms with Crippen molar-refractivity contribution >= 4 is 12.8 Å². The van der Waals surface area contributed by atoms with E-state index in [-0.39, 0.29) is 0 Å². The number of nitrogens with zero attached hydrogens (tertiary/aromatic N) is 2. The van der Waals surface area contributed by atoms with Crippen LogP contribution in [0.1, 0.15) is 11.3 Å². The molecule has 0 aliphatic heterocycles. The van der Waals surface area contributed by atoms with Crippen LogP contribution in [0.25, 0.3) is 0 Å². The molecule has 0 saturated heterocycles. The van der Waals surface area contributed by atoms with Crippen molar-refractivity contribution in [2.24, 2.45) is 0 Å². The van der Waals surface area contributed by atoms with Gasteiger partial charge >= 0.3 is 0 Å². The van der Waals surface area contributed by atoms with Gasteiger partial charge in [0.15, 0.2) is 0 Å². The average molecular weight is 194 g/mol. The Morgan fingerprint density at radius 3 is 2.64 bits per heavy atom. The first kappa shape index (κ1) is 10.1. The highest BCUT2D eigenvalue weighted by Crippen LogP contribution is 2.02. The lowest BCUT2D eigenvalue weighted by atomic mass is 10.2. The fourth-order valence-electron chi connectivity index (χ4n) is 0.987. The summed E-state index contributed by atoms with van der Waals surface area (Å²) in [4.78, 5) is 20.2. The molecule has 74 valence electrons. The number of carbonyl (C=O) groups excluding carboxylic acids is 2. The number of carbonyl (C=O) groups is 2. The second-order valence-corrected chi connectivity index (χ2v) is 2.50. The summed E-state index contributed by atoms with van der Waals surface area (Å²) in [6.45, 7) is 0.697. The highest BCUT2D eigenvalue weighted by atomic mass is 16.1. The Balaban J connectivity index is 2.68. The van der Waals surface area contributed by atoms with Crippen molar-refractivity contribution in [3.63, 3.8) is 0 Å². The normalized spacial score (nSPS) is 9.14. The molecule has 0 atom stereocenters. The largest absolute Gasteiger partial charge is 0.355 e. The number of rotatable bonds is 6. The maximum atomic E-state index is 10.1. The number of nitrogens with one attached hydrogen (secondary N) is 2. The molecule has 0 aliphatic rings. The molecule has 6 nitrogen and oxygen atoms in total. The Morgan fingerprint density at radius 1 is 1.21 bits per heavy atom. The lowest BCUT2D eigenvalue weighted by Gasteiger charge is -2.05. The van der Waals surface area contributed by atoms with Crippen molar-refractivity contribution < 1.29 is 9.59 Å². The SMILES string of the molecule is O=CNCc1ccnnc1CNC=O. The highest BCUT2D eigenvalue weighted by Gasteiger charge is 2.02. The third kappa shape index (κ3) is 2.81. The summed E-state index contributed by atoms with van der Waals surface area (Å²) >= 11 is 0. The predicted molar refractivity (Wildman–Crippen MR) is 47.8 cm³/mol. The van der Waals surface area contributed by atoms with E-state index in [1.54, 1.807) is 6.07 Å². The molecular weight excluding hydrogens is 184 g/mol. The van der Waals surface area contributed by atoms with Crippen LogP contribution < -0.4 is 10.6 Å². The van der Waals surface area contributed by atoms with Crippen LogP contribution in [-0.4, -0.2) is 23.0 Å². The molecule has 1 heterocycles. The predicted octanol–water partition coefficient (Wildman–Crippen LogP) is -1.03. The second-order valence-electron chi connectivity index (χ2n) is 2.50. The molecule has 0 radical (unpaired) electrons. The summed E-state index contributed by atoms with van der Waals surface area (Å²) in [5.41, 5.74) is 1.48. The topological polar surface area (TPSA) is 84.0 Å². The van der Waals surface area contributed by atoms with E-state index in [4.69, 9.17) is 0 Å². The molecule has 0 fully saturated rings. The van der Waals surface area contributed by atoms with Gasteiger partial charge in [-0.3, -0.25) is 9.59 Å². The van der Waals surface area contributed by atoms with Crippen LogP contribution in [0.5, 0.6) is 0 Å². The van der Waals surface area contributed by atoms with Gasteiger partial charge in [0.25, 0.3) is 0 Å². The van der Waals surface area contributed by atoms with Gasteiger partial charge in [-0.2, -0.15) is 10.2 Å². The van der Waals surface area contributed by atoms with Gasteiger partial charge in [0, 0.05) is 12.7 Å². The van der Waals surface area contributed by atoms with Crippen molar-refractivity contribution in [2.75, 3.05) is 0 Å². The van der Waals surface area contributed by atoms with Gasteiger partial charge in [-0.15, -0.1) is 0 Å². The van der Waals surface area contributed by atoms with E-state index in [0.717, 1.165) is 5.56 Å². The lowest BCUT2D eigenvalue weighted by Crippen LogP contribution is -2.17. The number of hydrogen-bond donors (Lipinski definition) is 2. The molecule has 1 aromatic heterocycles. The monoisotopic (exact) mass is 194 g/mol. The van der Waals surface area contributed by atoms with E-state index in [1.807, 2.05) is 0 Å². The van der Waals surface area contributed by atoms with E-state index in [0.29, 0.717) is 31.6 Å². The Hall–Kier alpha value is -1.98. The van der Waals surface area contributed by atoms with Crippen molar-refractivity contribution in [3.8, 4) is 0 Å². The Bertz CT molecular complexity index is 285. The fourth-order valence-corrected chi connectivity index (χ4v) is 0.987. The van der Waals surface area contributed by atoms with Crippen molar-refractivity contribution in [1.82, 2.24) is 20.8 Å². The minimum atomic E-state index is 0.313. The number of amides is 2. The Morgan fingerprint density at radius 2 is 1.93 bits per heavy atom. The summed E-state index contributed by atoms with van der Waals surface area (Å²) in [5, 5.41) is 12.5. The van der Waals surface area contributed by atoms with Crippen molar-refractivity contribution in [3.05, 3.63) is 23.5 Å². The molecule has 1 aromatic rings. The quantitative estimate of drug-likeness (QED) is 0.567. The molecule has 0 bridgehead atoms. The molecule has 0 spiro atoms. The molecule has 0 unspecified atom stereocenters. The molecule has 2 amide bonds. The summed E-state index contributed by atoms with van der Waals surface area (Å²) in [7, 11) is 0. The minimum Gasteiger partial charge on any atom is -0.355 e. The summed E-state index contributed by atoms with van der Waals surface area (Å²) in [5.74, 6) is 0. The third-order valence-corrected chi connectivity index (χ3v) is 1.62. The molecular formula is C8H10N4O2. The highest BCUT2D eigenvalue weighted by molar-refractivity contribution is 5.47. The van der Waals surface area contributed by atoms with Crippen LogP contribution in [0.15, 0.2) is 12.3 Å². The smallest absolute Gasteiger partial charge is 0.207 e. The van der Waals surface area contributed by atoms with Crippen LogP contribution in [0.4, 0.5) is 0 Å². The van der Waals surface area contributed by atoms with Gasteiger partial charge < -0.3 is 10.6 Å². The van der Waals surface area contributed by atoms with Gasteiger partial charge in [-0.05, 0) is 11.6 Å². The van der Waals surface area contributed by atoms with Crippen molar-refractivity contribution in [1.29, 1.82) is 0 Å². The summed E-state index contributed by atoms with van der Waals surface area (Å²) < 4.78 is 0. The molecule has 1 rings (SSSR count). The maximum Gasteiger partial charge on any atom is 0.207 e. The van der Waals surface area contributed by atoms with Gasteiger partial charge in [0.05, 0.1) is 12.2 Å². The van der Waals surface area contributed by atoms with Gasteiger partial charge in [0.2, 0.25) is 12.8 Å². The van der Waals surface area contributed by atoms with Crippen molar-refractivity contribution in [2.45, 2.75) is 13.1 Å². The second kappa shape index (κ2) is 5.63. The minimum absolute atomic E-state index is 0.313. The first-order valence-corrected chi connectivity index (χ1v) is 4.02. The lowest BCUT2D eigenvalue weighted by molar-refractivity contribution is -0.110. The number of hydrogen-bond acceptors (Lipinski definition) is 4. The zero-order valence-corrected chi connectivity index (χ0v) is 7.43. The van der Waals surface area contributed by atoms with E-state index >= 15 is 0 Å². The Kier molecular flexibility index (Phi) is 4.06. The van der Waals surface area contributed by atoms with E-state index in [2.05, 4.69) is 20.8 Å². The van der Waals surface area contributed by atoms with Crippen LogP contribution >= 0.6 is 0 Å². The van der Waals surface area contributed by atoms with Crippen LogP contribution in [-0.2, 0) is 22.7 Å². The average Bonchev–Trinajstić information content (AvgIpc) is 2.24.